The van der Waals surface area contributed by atoms with Crippen molar-refractivity contribution < 1.29 is 4.55 Å². The Hall–Kier alpha value is -0.770. The van der Waals surface area contributed by atoms with Crippen molar-refractivity contribution in [1.29, 1.82) is 0 Å². The third-order valence-corrected chi connectivity index (χ3v) is 6.44. The maximum Gasteiger partial charge on any atom is 0.137 e. The molecule has 3 rings (SSSR count). The van der Waals surface area contributed by atoms with Gasteiger partial charge in [-0.15, -0.1) is 4.31 Å². The zero-order valence-electron chi connectivity index (χ0n) is 13.5. The van der Waals surface area contributed by atoms with E-state index in [4.69, 9.17) is 0 Å². The lowest BCUT2D eigenvalue weighted by Gasteiger charge is -2.44. The smallest absolute Gasteiger partial charge is 0.137 e. The van der Waals surface area contributed by atoms with Crippen molar-refractivity contribution in [2.24, 2.45) is 0 Å². The van der Waals surface area contributed by atoms with Crippen LogP contribution in [0.3, 0.4) is 0 Å². The van der Waals surface area contributed by atoms with Crippen LogP contribution in [-0.4, -0.2) is 20.1 Å². The van der Waals surface area contributed by atoms with E-state index in [1.54, 1.807) is 0 Å². The maximum absolute atomic E-state index is 13.1. The highest BCUT2D eigenvalue weighted by atomic mass is 32.2. The molecular weight excluding hydrogens is 278 g/mol. The zero-order valence-corrected chi connectivity index (χ0v) is 14.3. The quantitative estimate of drug-likeness (QED) is 0.580. The first-order valence-corrected chi connectivity index (χ1v) is 8.92. The van der Waals surface area contributed by atoms with Crippen LogP contribution in [0.25, 0.3) is 0 Å². The Balaban J connectivity index is 2.10. The summed E-state index contributed by atoms with van der Waals surface area (Å²) in [7, 11) is 0. The minimum atomic E-state index is -0.996. The molecule has 2 nitrogen and oxygen atoms in total. The molecule has 1 aromatic rings. The van der Waals surface area contributed by atoms with Crippen molar-refractivity contribution in [3.05, 3.63) is 47.0 Å². The Bertz CT molecular complexity index is 575. The van der Waals surface area contributed by atoms with Gasteiger partial charge in [-0.2, -0.15) is 0 Å². The average molecular weight is 303 g/mol. The van der Waals surface area contributed by atoms with Crippen molar-refractivity contribution in [2.45, 2.75) is 57.2 Å². The summed E-state index contributed by atoms with van der Waals surface area (Å²) in [6.45, 7) is 9.19. The van der Waals surface area contributed by atoms with E-state index in [0.29, 0.717) is 0 Å². The molecule has 0 N–H and O–H groups in total. The van der Waals surface area contributed by atoms with Crippen molar-refractivity contribution in [3.63, 3.8) is 0 Å². The summed E-state index contributed by atoms with van der Waals surface area (Å²) < 4.78 is 15.1. The fourth-order valence-electron chi connectivity index (χ4n) is 3.68. The first-order chi connectivity index (χ1) is 9.84. The Morgan fingerprint density at radius 1 is 1.24 bits per heavy atom. The molecule has 1 spiro atoms. The number of benzene rings is 1. The summed E-state index contributed by atoms with van der Waals surface area (Å²) >= 11 is -0.996. The first-order valence-electron chi connectivity index (χ1n) is 7.81. The van der Waals surface area contributed by atoms with Crippen LogP contribution in [-0.2, 0) is 23.3 Å². The van der Waals surface area contributed by atoms with Crippen LogP contribution in [0, 0.1) is 0 Å². The van der Waals surface area contributed by atoms with E-state index in [-0.39, 0.29) is 10.3 Å². The molecule has 0 aromatic heterocycles. The van der Waals surface area contributed by atoms with Crippen molar-refractivity contribution >= 4 is 11.4 Å². The van der Waals surface area contributed by atoms with E-state index in [0.717, 1.165) is 19.4 Å². The standard InChI is InChI=1S/C18H25NOS/c1-14-12-18(19(13-14)21(20)17(2,3)4)11-7-9-15-8-5-6-10-16(15)18/h5-6,8,10,12H,7,9,11,13H2,1-4H3/t18-,21?/m0/s1. The van der Waals surface area contributed by atoms with Crippen molar-refractivity contribution in [2.75, 3.05) is 6.54 Å². The lowest BCUT2D eigenvalue weighted by Crippen LogP contribution is -2.52. The third-order valence-electron chi connectivity index (χ3n) is 4.54. The molecule has 1 heterocycles. The fourth-order valence-corrected chi connectivity index (χ4v) is 5.20. The van der Waals surface area contributed by atoms with Gasteiger partial charge in [0.2, 0.25) is 0 Å². The predicted molar refractivity (Wildman–Crippen MR) is 89.4 cm³/mol. The van der Waals surface area contributed by atoms with E-state index in [9.17, 15) is 4.55 Å². The number of rotatable bonds is 1. The summed E-state index contributed by atoms with van der Waals surface area (Å²) in [6.07, 6.45) is 5.75. The highest BCUT2D eigenvalue weighted by Gasteiger charge is 2.52. The molecule has 0 saturated carbocycles. The largest absolute Gasteiger partial charge is 0.597 e. The van der Waals surface area contributed by atoms with Gasteiger partial charge in [-0.1, -0.05) is 35.9 Å². The fraction of sp³-hybridized carbons (Fsp3) is 0.556. The zero-order chi connectivity index (χ0) is 15.3. The molecule has 0 radical (unpaired) electrons. The minimum absolute atomic E-state index is 0.156. The molecule has 1 aliphatic heterocycles. The van der Waals surface area contributed by atoms with Gasteiger partial charge >= 0.3 is 0 Å². The number of hydrogen-bond acceptors (Lipinski definition) is 2. The second kappa shape index (κ2) is 5.15. The molecule has 0 amide bonds. The van der Waals surface area contributed by atoms with Gasteiger partial charge in [0.05, 0.1) is 6.54 Å². The molecule has 1 aromatic carbocycles. The number of hydrogen-bond donors (Lipinski definition) is 0. The lowest BCUT2D eigenvalue weighted by atomic mass is 9.77. The number of nitrogens with zero attached hydrogens (tertiary/aromatic N) is 1. The molecule has 2 aliphatic rings. The van der Waals surface area contributed by atoms with Gasteiger partial charge in [0.1, 0.15) is 10.3 Å². The van der Waals surface area contributed by atoms with E-state index < -0.39 is 11.4 Å². The summed E-state index contributed by atoms with van der Waals surface area (Å²) in [6, 6.07) is 8.70. The second-order valence-electron chi connectivity index (χ2n) is 7.32. The Labute approximate surface area is 131 Å². The molecule has 0 fully saturated rings. The molecule has 0 saturated heterocycles. The van der Waals surface area contributed by atoms with E-state index in [2.05, 4.69) is 62.3 Å². The Morgan fingerprint density at radius 3 is 2.67 bits per heavy atom. The van der Waals surface area contributed by atoms with Crippen LogP contribution in [0.15, 0.2) is 35.9 Å². The minimum Gasteiger partial charge on any atom is -0.597 e. The SMILES string of the molecule is CC1=C[C@]2(CCCc3ccccc32)N([S+]([O-])C(C)(C)C)C1. The normalized spacial score (nSPS) is 27.6. The molecular formula is C18H25NOS. The third kappa shape index (κ3) is 2.45. The summed E-state index contributed by atoms with van der Waals surface area (Å²) in [5.41, 5.74) is 3.97. The van der Waals surface area contributed by atoms with Gasteiger partial charge in [-0.05, 0) is 58.1 Å². The van der Waals surface area contributed by atoms with E-state index in [1.807, 2.05) is 0 Å². The first kappa shape index (κ1) is 15.1. The topological polar surface area (TPSA) is 26.3 Å². The average Bonchev–Trinajstić information content (AvgIpc) is 2.75. The molecule has 2 atom stereocenters. The molecule has 0 bridgehead atoms. The lowest BCUT2D eigenvalue weighted by molar-refractivity contribution is 0.240. The van der Waals surface area contributed by atoms with Gasteiger partial charge < -0.3 is 4.55 Å². The van der Waals surface area contributed by atoms with Crippen LogP contribution in [0.5, 0.6) is 0 Å². The van der Waals surface area contributed by atoms with E-state index >= 15 is 0 Å². The van der Waals surface area contributed by atoms with Crippen LogP contribution in [0.2, 0.25) is 0 Å². The predicted octanol–water partition coefficient (Wildman–Crippen LogP) is 3.94. The highest BCUT2D eigenvalue weighted by Crippen LogP contribution is 2.48. The van der Waals surface area contributed by atoms with Gasteiger partial charge in [0.25, 0.3) is 0 Å². The summed E-state index contributed by atoms with van der Waals surface area (Å²) in [5, 5.41) is 0. The van der Waals surface area contributed by atoms with Crippen LogP contribution in [0.4, 0.5) is 0 Å². The van der Waals surface area contributed by atoms with Gasteiger partial charge in [-0.3, -0.25) is 0 Å². The van der Waals surface area contributed by atoms with Crippen molar-refractivity contribution in [1.82, 2.24) is 4.31 Å². The van der Waals surface area contributed by atoms with Crippen LogP contribution >= 0.6 is 0 Å². The Kier molecular flexibility index (Phi) is 3.71. The van der Waals surface area contributed by atoms with Gasteiger partial charge in [0, 0.05) is 11.4 Å². The number of aryl methyl sites for hydroxylation is 1. The van der Waals surface area contributed by atoms with E-state index in [1.165, 1.54) is 23.1 Å². The molecule has 1 unspecified atom stereocenters. The second-order valence-corrected chi connectivity index (χ2v) is 9.49. The maximum atomic E-state index is 13.1. The molecule has 1 aliphatic carbocycles. The molecule has 3 heteroatoms. The molecule has 21 heavy (non-hydrogen) atoms. The van der Waals surface area contributed by atoms with Crippen molar-refractivity contribution in [3.8, 4) is 0 Å². The highest BCUT2D eigenvalue weighted by molar-refractivity contribution is 7.90. The van der Waals surface area contributed by atoms with Crippen LogP contribution in [0.1, 0.15) is 51.7 Å². The monoisotopic (exact) mass is 303 g/mol. The Morgan fingerprint density at radius 2 is 1.95 bits per heavy atom. The van der Waals surface area contributed by atoms with Gasteiger partial charge in [0.15, 0.2) is 0 Å². The number of fused-ring (bicyclic) bond motifs is 2. The molecule has 114 valence electrons. The van der Waals surface area contributed by atoms with Gasteiger partial charge in [-0.25, -0.2) is 0 Å². The summed E-state index contributed by atoms with van der Waals surface area (Å²) in [5.74, 6) is 0. The van der Waals surface area contributed by atoms with Crippen LogP contribution < -0.4 is 0 Å². The summed E-state index contributed by atoms with van der Waals surface area (Å²) in [4.78, 5) is 0.